The highest BCUT2D eigenvalue weighted by atomic mass is 16.5. The Hall–Kier alpha value is -3.81. The Bertz CT molecular complexity index is 1410. The summed E-state index contributed by atoms with van der Waals surface area (Å²) in [5.74, 6) is 1.46. The average molecular weight is 431 g/mol. The topological polar surface area (TPSA) is 74.3 Å². The molecule has 3 heterocycles. The molecule has 2 aromatic carbocycles. The van der Waals surface area contributed by atoms with E-state index in [1.54, 1.807) is 14.2 Å². The molecule has 164 valence electrons. The summed E-state index contributed by atoms with van der Waals surface area (Å²) in [6, 6.07) is 15.6. The zero-order chi connectivity index (χ0) is 22.4. The number of methoxy groups -OCH3 is 1. The minimum Gasteiger partial charge on any atom is -0.497 e. The molecule has 0 unspecified atom stereocenters. The van der Waals surface area contributed by atoms with Crippen LogP contribution in [0.5, 0.6) is 5.75 Å². The molecule has 0 radical (unpaired) electrons. The largest absolute Gasteiger partial charge is 0.497 e. The summed E-state index contributed by atoms with van der Waals surface area (Å²) in [5, 5.41) is 0. The second kappa shape index (κ2) is 7.71. The summed E-state index contributed by atoms with van der Waals surface area (Å²) >= 11 is 0. The first-order chi connectivity index (χ1) is 15.5. The number of hydrogen-bond donors (Lipinski definition) is 0. The minimum absolute atomic E-state index is 0.227. The minimum atomic E-state index is -0.366. The third kappa shape index (κ3) is 3.19. The molecule has 0 bridgehead atoms. The van der Waals surface area contributed by atoms with Crippen molar-refractivity contribution in [3.63, 3.8) is 0 Å². The summed E-state index contributed by atoms with van der Waals surface area (Å²) in [6.45, 7) is 3.69. The number of ether oxygens (including phenoxy) is 1. The molecule has 0 atom stereocenters. The van der Waals surface area contributed by atoms with Crippen molar-refractivity contribution in [1.29, 1.82) is 0 Å². The van der Waals surface area contributed by atoms with E-state index in [1.165, 1.54) is 9.13 Å². The van der Waals surface area contributed by atoms with Gasteiger partial charge in [-0.25, -0.2) is 4.79 Å². The lowest BCUT2D eigenvalue weighted by molar-refractivity contribution is 0.415. The fraction of sp³-hybridized carbons (Fsp3) is 0.292. The van der Waals surface area contributed by atoms with Gasteiger partial charge in [-0.3, -0.25) is 13.9 Å². The van der Waals surface area contributed by atoms with Gasteiger partial charge < -0.3 is 14.2 Å². The molecular weight excluding hydrogens is 406 g/mol. The molecule has 0 saturated heterocycles. The third-order valence-corrected chi connectivity index (χ3v) is 6.06. The van der Waals surface area contributed by atoms with E-state index in [0.717, 1.165) is 35.5 Å². The van der Waals surface area contributed by atoms with Crippen molar-refractivity contribution in [2.24, 2.45) is 7.05 Å². The van der Waals surface area contributed by atoms with E-state index in [4.69, 9.17) is 9.72 Å². The van der Waals surface area contributed by atoms with Gasteiger partial charge in [0.25, 0.3) is 5.56 Å². The molecule has 0 spiro atoms. The van der Waals surface area contributed by atoms with E-state index >= 15 is 0 Å². The van der Waals surface area contributed by atoms with Crippen LogP contribution < -0.4 is 20.9 Å². The van der Waals surface area contributed by atoms with E-state index < -0.39 is 0 Å². The Balaban J connectivity index is 1.66. The second-order valence-corrected chi connectivity index (χ2v) is 8.16. The highest BCUT2D eigenvalue weighted by Crippen LogP contribution is 2.31. The third-order valence-electron chi connectivity index (χ3n) is 6.06. The van der Waals surface area contributed by atoms with Crippen molar-refractivity contribution in [2.45, 2.75) is 26.4 Å². The van der Waals surface area contributed by atoms with Crippen LogP contribution in [0.2, 0.25) is 0 Å². The van der Waals surface area contributed by atoms with Gasteiger partial charge in [0.2, 0.25) is 5.95 Å². The van der Waals surface area contributed by atoms with Crippen LogP contribution in [0.25, 0.3) is 11.2 Å². The van der Waals surface area contributed by atoms with Crippen LogP contribution in [-0.4, -0.2) is 32.3 Å². The molecule has 32 heavy (non-hydrogen) atoms. The second-order valence-electron chi connectivity index (χ2n) is 8.16. The highest BCUT2D eigenvalue weighted by molar-refractivity contribution is 5.77. The van der Waals surface area contributed by atoms with Gasteiger partial charge in [0.1, 0.15) is 5.75 Å². The Morgan fingerprint density at radius 3 is 2.41 bits per heavy atom. The number of rotatable bonds is 4. The van der Waals surface area contributed by atoms with Crippen LogP contribution in [0.3, 0.4) is 0 Å². The van der Waals surface area contributed by atoms with E-state index in [-0.39, 0.29) is 17.8 Å². The van der Waals surface area contributed by atoms with Gasteiger partial charge in [-0.1, -0.05) is 29.8 Å². The maximum atomic E-state index is 13.5. The number of imidazole rings is 1. The van der Waals surface area contributed by atoms with Crippen molar-refractivity contribution < 1.29 is 4.74 Å². The van der Waals surface area contributed by atoms with Gasteiger partial charge in [0.05, 0.1) is 13.7 Å². The standard InChI is InChI=1S/C24H25N5O3/c1-16-5-7-17(8-6-16)15-29-22(30)20-21(26(2)24(29)31)25-23-27(13-4-14-28(20)23)18-9-11-19(32-3)12-10-18/h5-12H,4,13-15H2,1-3H3. The van der Waals surface area contributed by atoms with Gasteiger partial charge in [-0.2, -0.15) is 4.98 Å². The molecule has 0 saturated carbocycles. The van der Waals surface area contributed by atoms with Crippen LogP contribution in [0.4, 0.5) is 11.6 Å². The molecule has 5 rings (SSSR count). The van der Waals surface area contributed by atoms with Crippen LogP contribution >= 0.6 is 0 Å². The summed E-state index contributed by atoms with van der Waals surface area (Å²) in [7, 11) is 3.31. The van der Waals surface area contributed by atoms with E-state index in [2.05, 4.69) is 4.90 Å². The van der Waals surface area contributed by atoms with Gasteiger partial charge in [-0.15, -0.1) is 0 Å². The Morgan fingerprint density at radius 1 is 1.00 bits per heavy atom. The predicted octanol–water partition coefficient (Wildman–Crippen LogP) is 2.80. The number of aromatic nitrogens is 4. The first-order valence-electron chi connectivity index (χ1n) is 10.6. The number of fused-ring (bicyclic) bond motifs is 3. The lowest BCUT2D eigenvalue weighted by Gasteiger charge is -2.29. The lowest BCUT2D eigenvalue weighted by Crippen LogP contribution is -2.40. The number of aryl methyl sites for hydroxylation is 3. The van der Waals surface area contributed by atoms with Crippen molar-refractivity contribution in [3.05, 3.63) is 80.5 Å². The summed E-state index contributed by atoms with van der Waals surface area (Å²) in [5.41, 5.74) is 3.21. The lowest BCUT2D eigenvalue weighted by atomic mass is 10.1. The Kier molecular flexibility index (Phi) is 4.84. The zero-order valence-electron chi connectivity index (χ0n) is 18.4. The molecule has 0 N–H and O–H groups in total. The maximum Gasteiger partial charge on any atom is 0.332 e. The highest BCUT2D eigenvalue weighted by Gasteiger charge is 2.27. The van der Waals surface area contributed by atoms with E-state index in [1.807, 2.05) is 60.0 Å². The molecular formula is C24H25N5O3. The molecule has 8 nitrogen and oxygen atoms in total. The van der Waals surface area contributed by atoms with E-state index in [9.17, 15) is 9.59 Å². The summed E-state index contributed by atoms with van der Waals surface area (Å²) in [4.78, 5) is 33.4. The van der Waals surface area contributed by atoms with Crippen LogP contribution in [0, 0.1) is 6.92 Å². The average Bonchev–Trinajstić information content (AvgIpc) is 3.22. The maximum absolute atomic E-state index is 13.5. The Morgan fingerprint density at radius 2 is 1.72 bits per heavy atom. The van der Waals surface area contributed by atoms with Gasteiger partial charge in [0, 0.05) is 25.8 Å². The van der Waals surface area contributed by atoms with Crippen molar-refractivity contribution in [1.82, 2.24) is 18.7 Å². The van der Waals surface area contributed by atoms with Gasteiger partial charge in [-0.05, 0) is 43.2 Å². The molecule has 0 aliphatic carbocycles. The normalized spacial score (nSPS) is 13.4. The summed E-state index contributed by atoms with van der Waals surface area (Å²) in [6.07, 6.45) is 0.866. The molecule has 2 aromatic heterocycles. The SMILES string of the molecule is COc1ccc(N2CCCn3c2nc2c3c(=O)n(Cc3ccc(C)cc3)c(=O)n2C)cc1. The van der Waals surface area contributed by atoms with Gasteiger partial charge >= 0.3 is 5.69 Å². The number of anilines is 2. The predicted molar refractivity (Wildman–Crippen MR) is 124 cm³/mol. The quantitative estimate of drug-likeness (QED) is 0.497. The summed E-state index contributed by atoms with van der Waals surface area (Å²) < 4.78 is 9.98. The van der Waals surface area contributed by atoms with Gasteiger partial charge in [0.15, 0.2) is 11.2 Å². The number of benzene rings is 2. The zero-order valence-corrected chi connectivity index (χ0v) is 18.4. The molecule has 8 heteroatoms. The van der Waals surface area contributed by atoms with Crippen molar-refractivity contribution >= 4 is 22.8 Å². The monoisotopic (exact) mass is 431 g/mol. The number of hydrogen-bond acceptors (Lipinski definition) is 5. The van der Waals surface area contributed by atoms with Crippen LogP contribution in [-0.2, 0) is 20.1 Å². The van der Waals surface area contributed by atoms with Crippen LogP contribution in [0.1, 0.15) is 17.5 Å². The fourth-order valence-corrected chi connectivity index (χ4v) is 4.29. The first-order valence-corrected chi connectivity index (χ1v) is 10.6. The molecule has 1 aliphatic heterocycles. The van der Waals surface area contributed by atoms with E-state index in [0.29, 0.717) is 23.7 Å². The molecule has 0 fully saturated rings. The van der Waals surface area contributed by atoms with Crippen molar-refractivity contribution in [2.75, 3.05) is 18.6 Å². The molecule has 1 aliphatic rings. The molecule has 4 aromatic rings. The fourth-order valence-electron chi connectivity index (χ4n) is 4.29. The number of nitrogens with zero attached hydrogens (tertiary/aromatic N) is 5. The molecule has 0 amide bonds. The first kappa shape index (κ1) is 20.1. The van der Waals surface area contributed by atoms with Crippen molar-refractivity contribution in [3.8, 4) is 5.75 Å². The smallest absolute Gasteiger partial charge is 0.332 e. The van der Waals surface area contributed by atoms with Crippen LogP contribution in [0.15, 0.2) is 58.1 Å². The Labute approximate surface area is 184 Å².